The van der Waals surface area contributed by atoms with Crippen LogP contribution in [0.3, 0.4) is 0 Å². The van der Waals surface area contributed by atoms with E-state index in [4.69, 9.17) is 31.0 Å². The lowest BCUT2D eigenvalue weighted by Gasteiger charge is -2.39. The minimum Gasteiger partial charge on any atom is -0.445 e. The van der Waals surface area contributed by atoms with Crippen molar-refractivity contribution < 1.29 is 23.5 Å². The minimum atomic E-state index is -0.599. The number of piperazine rings is 1. The van der Waals surface area contributed by atoms with Gasteiger partial charge in [-0.1, -0.05) is 48.0 Å². The van der Waals surface area contributed by atoms with Gasteiger partial charge in [-0.15, -0.1) is 0 Å². The summed E-state index contributed by atoms with van der Waals surface area (Å²) < 4.78 is 26.2. The second kappa shape index (κ2) is 15.5. The van der Waals surface area contributed by atoms with Crippen molar-refractivity contribution >= 4 is 46.3 Å². The van der Waals surface area contributed by atoms with Gasteiger partial charge in [-0.05, 0) is 87.6 Å². The summed E-state index contributed by atoms with van der Waals surface area (Å²) in [5.74, 6) is 0.954. The number of carbonyl (C=O) groups is 2. The number of imidazole rings is 1. The fraction of sp³-hybridized carbons (Fsp3) is 0.366. The second-order valence-corrected chi connectivity index (χ2v) is 15.3. The van der Waals surface area contributed by atoms with E-state index in [0.29, 0.717) is 74.3 Å². The van der Waals surface area contributed by atoms with Crippen molar-refractivity contribution in [3.8, 4) is 22.5 Å². The second-order valence-electron chi connectivity index (χ2n) is 14.9. The van der Waals surface area contributed by atoms with E-state index in [9.17, 15) is 9.59 Å². The van der Waals surface area contributed by atoms with Gasteiger partial charge in [0, 0.05) is 62.1 Å². The number of amides is 2. The molecule has 7 rings (SSSR count). The number of pyridine rings is 1. The molecule has 11 nitrogen and oxygen atoms in total. The standard InChI is InChI=1S/C41H45ClFN7O4/c1-26-20-28(22-30(43)21-26)32-24-44-38(49-16-18-50(19-17-49)40(52)54-41(2,3)4)35(37-46-33-11-10-29(42)23-34(33)47-37)36(32)48-14-12-31(13-15-48)45-39(51)53-25-27-8-6-5-7-9-27/h5-11,20-24,31H,12-19,25H2,1-4H3,(H,45,51)(H,46,47). The van der Waals surface area contributed by atoms with E-state index in [1.165, 1.54) is 12.1 Å². The van der Waals surface area contributed by atoms with Crippen LogP contribution < -0.4 is 15.1 Å². The molecule has 2 aliphatic rings. The molecular weight excluding hydrogens is 709 g/mol. The fourth-order valence-corrected chi connectivity index (χ4v) is 7.26. The molecule has 13 heteroatoms. The highest BCUT2D eigenvalue weighted by molar-refractivity contribution is 6.31. The van der Waals surface area contributed by atoms with Crippen molar-refractivity contribution in [1.29, 1.82) is 0 Å². The summed E-state index contributed by atoms with van der Waals surface area (Å²) in [6.07, 6.45) is 2.33. The number of alkyl carbamates (subject to hydrolysis) is 1. The first-order chi connectivity index (χ1) is 25.9. The van der Waals surface area contributed by atoms with Crippen LogP contribution in [0.5, 0.6) is 0 Å². The zero-order valence-corrected chi connectivity index (χ0v) is 31.8. The van der Waals surface area contributed by atoms with Gasteiger partial charge in [0.15, 0.2) is 0 Å². The largest absolute Gasteiger partial charge is 0.445 e. The van der Waals surface area contributed by atoms with Crippen molar-refractivity contribution in [2.45, 2.75) is 58.8 Å². The Hall–Kier alpha value is -5.36. The third kappa shape index (κ3) is 8.54. The normalized spacial score (nSPS) is 15.4. The number of H-pyrrole nitrogens is 1. The molecular formula is C41H45ClFN7O4. The van der Waals surface area contributed by atoms with E-state index in [1.807, 2.05) is 82.4 Å². The van der Waals surface area contributed by atoms with Crippen LogP contribution in [0.15, 0.2) is 72.9 Å². The van der Waals surface area contributed by atoms with Gasteiger partial charge in [0.2, 0.25) is 0 Å². The number of ether oxygens (including phenoxy) is 2. The molecule has 2 fully saturated rings. The van der Waals surface area contributed by atoms with Crippen molar-refractivity contribution in [3.63, 3.8) is 0 Å². The van der Waals surface area contributed by atoms with Crippen molar-refractivity contribution in [3.05, 3.63) is 94.9 Å². The number of piperidine rings is 1. The number of aryl methyl sites for hydroxylation is 1. The Bertz CT molecular complexity index is 2120. The maximum absolute atomic E-state index is 15.0. The highest BCUT2D eigenvalue weighted by Crippen LogP contribution is 2.45. The minimum absolute atomic E-state index is 0.0941. The van der Waals surface area contributed by atoms with Crippen LogP contribution in [0.25, 0.3) is 33.5 Å². The zero-order chi connectivity index (χ0) is 38.0. The Morgan fingerprint density at radius 1 is 0.963 bits per heavy atom. The summed E-state index contributed by atoms with van der Waals surface area (Å²) in [5.41, 5.74) is 5.70. The molecule has 0 spiro atoms. The molecule has 0 atom stereocenters. The summed E-state index contributed by atoms with van der Waals surface area (Å²) in [6, 6.07) is 20.0. The Labute approximate surface area is 319 Å². The molecule has 0 unspecified atom stereocenters. The number of hydrogen-bond donors (Lipinski definition) is 2. The first-order valence-corrected chi connectivity index (χ1v) is 18.7. The van der Waals surface area contributed by atoms with Crippen molar-refractivity contribution in [2.24, 2.45) is 0 Å². The van der Waals surface area contributed by atoms with E-state index in [-0.39, 0.29) is 24.6 Å². The molecule has 3 aromatic carbocycles. The summed E-state index contributed by atoms with van der Waals surface area (Å²) in [4.78, 5) is 45.5. The number of carbonyl (C=O) groups excluding carboxylic acids is 2. The summed E-state index contributed by atoms with van der Waals surface area (Å²) in [7, 11) is 0. The van der Waals surface area contributed by atoms with E-state index < -0.39 is 11.7 Å². The smallest absolute Gasteiger partial charge is 0.410 e. The molecule has 2 aliphatic heterocycles. The molecule has 0 bridgehead atoms. The fourth-order valence-electron chi connectivity index (χ4n) is 7.09. The molecule has 0 aliphatic carbocycles. The number of fused-ring (bicyclic) bond motifs is 1. The molecule has 4 heterocycles. The van der Waals surface area contributed by atoms with E-state index >= 15 is 4.39 Å². The molecule has 0 saturated carbocycles. The molecule has 2 aromatic heterocycles. The third-order valence-corrected chi connectivity index (χ3v) is 9.88. The van der Waals surface area contributed by atoms with E-state index in [2.05, 4.69) is 20.1 Å². The van der Waals surface area contributed by atoms with Gasteiger partial charge in [0.25, 0.3) is 0 Å². The Kier molecular flexibility index (Phi) is 10.6. The van der Waals surface area contributed by atoms with Crippen LogP contribution in [0.1, 0.15) is 44.7 Å². The number of benzene rings is 3. The summed E-state index contributed by atoms with van der Waals surface area (Å²) in [6.45, 7) is 10.8. The van der Waals surface area contributed by atoms with Gasteiger partial charge in [-0.3, -0.25) is 0 Å². The topological polar surface area (TPSA) is 116 Å². The molecule has 2 amide bonds. The van der Waals surface area contributed by atoms with Crippen LogP contribution in [-0.2, 0) is 16.1 Å². The molecule has 54 heavy (non-hydrogen) atoms. The first-order valence-electron chi connectivity index (χ1n) is 18.3. The highest BCUT2D eigenvalue weighted by Gasteiger charge is 2.33. The van der Waals surface area contributed by atoms with Gasteiger partial charge >= 0.3 is 12.2 Å². The summed E-state index contributed by atoms with van der Waals surface area (Å²) in [5, 5.41) is 3.63. The predicted molar refractivity (Wildman–Crippen MR) is 209 cm³/mol. The van der Waals surface area contributed by atoms with Crippen LogP contribution >= 0.6 is 11.6 Å². The Morgan fingerprint density at radius 3 is 2.41 bits per heavy atom. The predicted octanol–water partition coefficient (Wildman–Crippen LogP) is 8.35. The van der Waals surface area contributed by atoms with Crippen LogP contribution in [0.2, 0.25) is 5.02 Å². The Balaban J connectivity index is 1.24. The maximum Gasteiger partial charge on any atom is 0.410 e. The number of nitrogens with zero attached hydrogens (tertiary/aromatic N) is 5. The number of anilines is 2. The highest BCUT2D eigenvalue weighted by atomic mass is 35.5. The summed E-state index contributed by atoms with van der Waals surface area (Å²) >= 11 is 6.40. The average Bonchev–Trinajstić information content (AvgIpc) is 3.56. The molecule has 2 N–H and O–H groups in total. The first kappa shape index (κ1) is 37.0. The van der Waals surface area contributed by atoms with E-state index in [0.717, 1.165) is 39.0 Å². The number of halogens is 2. The average molecular weight is 754 g/mol. The van der Waals surface area contributed by atoms with Gasteiger partial charge in [-0.2, -0.15) is 0 Å². The third-order valence-electron chi connectivity index (χ3n) is 9.64. The van der Waals surface area contributed by atoms with Crippen LogP contribution in [0, 0.1) is 12.7 Å². The number of hydrogen-bond acceptors (Lipinski definition) is 8. The number of nitrogens with one attached hydrogen (secondary N) is 2. The number of aromatic nitrogens is 3. The van der Waals surface area contributed by atoms with Gasteiger partial charge < -0.3 is 34.5 Å². The molecule has 2 saturated heterocycles. The lowest BCUT2D eigenvalue weighted by Crippen LogP contribution is -2.50. The monoisotopic (exact) mass is 753 g/mol. The molecule has 0 radical (unpaired) electrons. The van der Waals surface area contributed by atoms with Gasteiger partial charge in [-0.25, -0.2) is 23.9 Å². The molecule has 5 aromatic rings. The number of rotatable bonds is 7. The lowest BCUT2D eigenvalue weighted by molar-refractivity contribution is 0.0240. The van der Waals surface area contributed by atoms with Crippen molar-refractivity contribution in [1.82, 2.24) is 25.2 Å². The van der Waals surface area contributed by atoms with Gasteiger partial charge in [0.1, 0.15) is 29.7 Å². The van der Waals surface area contributed by atoms with Crippen LogP contribution in [-0.4, -0.2) is 82.9 Å². The van der Waals surface area contributed by atoms with Crippen LogP contribution in [0.4, 0.5) is 25.5 Å². The van der Waals surface area contributed by atoms with E-state index in [1.54, 1.807) is 11.0 Å². The maximum atomic E-state index is 15.0. The lowest BCUT2D eigenvalue weighted by atomic mass is 9.96. The molecule has 282 valence electrons. The SMILES string of the molecule is Cc1cc(F)cc(-c2cnc(N3CCN(C(=O)OC(C)(C)C)CC3)c(-c3nc4ccc(Cl)cc4[nH]3)c2N2CCC(NC(=O)OCc3ccccc3)CC2)c1. The number of aromatic amines is 1. The zero-order valence-electron chi connectivity index (χ0n) is 31.0. The van der Waals surface area contributed by atoms with Crippen molar-refractivity contribution in [2.75, 3.05) is 49.1 Å². The quantitative estimate of drug-likeness (QED) is 0.171. The van der Waals surface area contributed by atoms with Gasteiger partial charge in [0.05, 0.1) is 22.3 Å². The Morgan fingerprint density at radius 2 is 1.70 bits per heavy atom.